The zero-order valence-electron chi connectivity index (χ0n) is 33.8. The number of carbonyl (C=O) groups is 1. The van der Waals surface area contributed by atoms with E-state index in [4.69, 9.17) is 24.3 Å². The number of allylic oxidation sites excluding steroid dienone is 6. The number of phosphoric acid groups is 1. The van der Waals surface area contributed by atoms with Gasteiger partial charge in [-0.15, -0.1) is 0 Å². The highest BCUT2D eigenvalue weighted by Gasteiger charge is 2.25. The van der Waals surface area contributed by atoms with Crippen LogP contribution in [0.5, 0.6) is 0 Å². The van der Waals surface area contributed by atoms with Crippen LogP contribution in [-0.2, 0) is 27.9 Å². The molecule has 0 saturated heterocycles. The molecule has 0 amide bonds. The quantitative estimate of drug-likeness (QED) is 0.0274. The van der Waals surface area contributed by atoms with E-state index in [9.17, 15) is 14.3 Å². The number of esters is 1. The number of ether oxygens (including phenoxy) is 2. The third kappa shape index (κ3) is 39.9. The summed E-state index contributed by atoms with van der Waals surface area (Å²) in [4.78, 5) is 22.4. The first kappa shape index (κ1) is 50.7. The van der Waals surface area contributed by atoms with Crippen LogP contribution in [-0.4, -0.2) is 49.9 Å². The van der Waals surface area contributed by atoms with Gasteiger partial charge in [-0.25, -0.2) is 4.57 Å². The molecule has 0 radical (unpaired) electrons. The fourth-order valence-electron chi connectivity index (χ4n) is 5.95. The van der Waals surface area contributed by atoms with Crippen molar-refractivity contribution in [2.75, 3.05) is 33.0 Å². The zero-order valence-corrected chi connectivity index (χ0v) is 34.7. The molecule has 9 heteroatoms. The minimum atomic E-state index is -4.28. The van der Waals surface area contributed by atoms with Crippen LogP contribution in [0.1, 0.15) is 194 Å². The highest BCUT2D eigenvalue weighted by Crippen LogP contribution is 2.43. The van der Waals surface area contributed by atoms with Gasteiger partial charge in [0, 0.05) is 19.6 Å². The van der Waals surface area contributed by atoms with Gasteiger partial charge in [-0.3, -0.25) is 13.8 Å². The number of nitrogens with two attached hydrogens (primary N) is 1. The molecule has 0 aromatic rings. The van der Waals surface area contributed by atoms with Gasteiger partial charge in [0.05, 0.1) is 19.8 Å². The van der Waals surface area contributed by atoms with Crippen LogP contribution in [0, 0.1) is 0 Å². The second-order valence-electron chi connectivity index (χ2n) is 14.2. The second-order valence-corrected chi connectivity index (χ2v) is 15.6. The highest BCUT2D eigenvalue weighted by atomic mass is 31.2. The average Bonchev–Trinajstić information content (AvgIpc) is 3.13. The molecule has 2 atom stereocenters. The Morgan fingerprint density at radius 1 is 0.596 bits per heavy atom. The Morgan fingerprint density at radius 2 is 1.08 bits per heavy atom. The predicted molar refractivity (Wildman–Crippen MR) is 220 cm³/mol. The van der Waals surface area contributed by atoms with Crippen LogP contribution < -0.4 is 5.73 Å². The monoisotopic (exact) mass is 756 g/mol. The SMILES string of the molecule is CC/C=C\C/C=C\C/C=C\CCCCCCCC(=O)OC(COCCCCCCCCCCCCCCCCCCCC)COP(=O)(O)OCCN. The van der Waals surface area contributed by atoms with E-state index in [1.807, 2.05) is 0 Å². The number of rotatable bonds is 41. The number of hydrogen-bond donors (Lipinski definition) is 2. The largest absolute Gasteiger partial charge is 0.472 e. The van der Waals surface area contributed by atoms with E-state index < -0.39 is 13.9 Å². The second kappa shape index (κ2) is 40.9. The standard InChI is InChI=1S/C43H82NO7P/c1-3-5-7-9-11-13-15-17-19-20-21-23-25-27-29-31-33-35-38-48-40-42(41-50-52(46,47)49-39-37-44)51-43(45)36-34-32-30-28-26-24-22-18-16-14-12-10-8-6-4-2/h6,8,12,14,18,22,42H,3-5,7,9-11,13,15-17,19-21,23-41,44H2,1-2H3,(H,46,47)/b8-6-,14-12-,22-18-. The van der Waals surface area contributed by atoms with E-state index in [0.717, 1.165) is 70.6 Å². The first-order valence-electron chi connectivity index (χ1n) is 21.5. The summed E-state index contributed by atoms with van der Waals surface area (Å²) in [6.45, 7) is 4.81. The Kier molecular flexibility index (Phi) is 39.9. The fraction of sp³-hybridized carbons (Fsp3) is 0.837. The number of carbonyl (C=O) groups excluding carboxylic acids is 1. The van der Waals surface area contributed by atoms with E-state index in [-0.39, 0.29) is 32.3 Å². The Balaban J connectivity index is 4.02. The molecule has 0 fully saturated rings. The molecular formula is C43H82NO7P. The van der Waals surface area contributed by atoms with Crippen LogP contribution in [0.3, 0.4) is 0 Å². The third-order valence-electron chi connectivity index (χ3n) is 9.07. The van der Waals surface area contributed by atoms with Gasteiger partial charge >= 0.3 is 13.8 Å². The van der Waals surface area contributed by atoms with Crippen molar-refractivity contribution in [3.05, 3.63) is 36.5 Å². The van der Waals surface area contributed by atoms with Crippen molar-refractivity contribution in [3.63, 3.8) is 0 Å². The van der Waals surface area contributed by atoms with Gasteiger partial charge in [0.15, 0.2) is 0 Å². The maximum absolute atomic E-state index is 12.6. The lowest BCUT2D eigenvalue weighted by molar-refractivity contribution is -0.154. The van der Waals surface area contributed by atoms with Crippen molar-refractivity contribution in [1.29, 1.82) is 0 Å². The van der Waals surface area contributed by atoms with E-state index in [0.29, 0.717) is 13.0 Å². The highest BCUT2D eigenvalue weighted by molar-refractivity contribution is 7.47. The summed E-state index contributed by atoms with van der Waals surface area (Å²) >= 11 is 0. The van der Waals surface area contributed by atoms with Gasteiger partial charge < -0.3 is 20.1 Å². The van der Waals surface area contributed by atoms with Gasteiger partial charge in [0.1, 0.15) is 6.10 Å². The first-order chi connectivity index (χ1) is 25.4. The van der Waals surface area contributed by atoms with E-state index in [1.54, 1.807) is 0 Å². The zero-order chi connectivity index (χ0) is 38.1. The molecule has 0 aliphatic heterocycles. The van der Waals surface area contributed by atoms with Crippen LogP contribution in [0.4, 0.5) is 0 Å². The van der Waals surface area contributed by atoms with Gasteiger partial charge in [-0.2, -0.15) is 0 Å². The minimum absolute atomic E-state index is 0.0978. The summed E-state index contributed by atoms with van der Waals surface area (Å²) < 4.78 is 33.4. The molecule has 0 spiro atoms. The normalized spacial score (nSPS) is 13.8. The minimum Gasteiger partial charge on any atom is -0.457 e. The van der Waals surface area contributed by atoms with Gasteiger partial charge in [0.25, 0.3) is 0 Å². The molecule has 52 heavy (non-hydrogen) atoms. The molecule has 0 rings (SSSR count). The van der Waals surface area contributed by atoms with Crippen molar-refractivity contribution in [3.8, 4) is 0 Å². The molecule has 0 aromatic heterocycles. The predicted octanol–water partition coefficient (Wildman–Crippen LogP) is 12.6. The maximum atomic E-state index is 12.6. The molecule has 8 nitrogen and oxygen atoms in total. The van der Waals surface area contributed by atoms with Crippen molar-refractivity contribution in [2.24, 2.45) is 5.73 Å². The molecule has 0 bridgehead atoms. The van der Waals surface area contributed by atoms with Crippen LogP contribution in [0.25, 0.3) is 0 Å². The molecular weight excluding hydrogens is 673 g/mol. The van der Waals surface area contributed by atoms with Crippen molar-refractivity contribution >= 4 is 13.8 Å². The Morgan fingerprint density at radius 3 is 1.62 bits per heavy atom. The molecule has 0 aliphatic carbocycles. The summed E-state index contributed by atoms with van der Waals surface area (Å²) in [7, 11) is -4.28. The number of hydrogen-bond acceptors (Lipinski definition) is 7. The molecule has 0 aliphatic rings. The smallest absolute Gasteiger partial charge is 0.457 e. The van der Waals surface area contributed by atoms with Crippen molar-refractivity contribution in [2.45, 2.75) is 200 Å². The Hall–Kier alpha value is -1.28. The van der Waals surface area contributed by atoms with Crippen LogP contribution >= 0.6 is 7.82 Å². The maximum Gasteiger partial charge on any atom is 0.472 e. The lowest BCUT2D eigenvalue weighted by Crippen LogP contribution is -2.28. The summed E-state index contributed by atoms with van der Waals surface area (Å²) in [5.41, 5.74) is 5.37. The molecule has 0 heterocycles. The molecule has 0 aromatic carbocycles. The van der Waals surface area contributed by atoms with E-state index in [1.165, 1.54) is 103 Å². The summed E-state index contributed by atoms with van der Waals surface area (Å²) in [5.74, 6) is -0.345. The van der Waals surface area contributed by atoms with Gasteiger partial charge in [-0.05, 0) is 44.9 Å². The third-order valence-corrected chi connectivity index (χ3v) is 10.1. The van der Waals surface area contributed by atoms with E-state index >= 15 is 0 Å². The molecule has 2 unspecified atom stereocenters. The van der Waals surface area contributed by atoms with Crippen molar-refractivity contribution < 1.29 is 32.8 Å². The Bertz CT molecular complexity index is 895. The lowest BCUT2D eigenvalue weighted by atomic mass is 10.0. The molecule has 306 valence electrons. The Labute approximate surface area is 320 Å². The summed E-state index contributed by atoms with van der Waals surface area (Å²) in [6.07, 6.45) is 45.9. The summed E-state index contributed by atoms with van der Waals surface area (Å²) in [6, 6.07) is 0. The van der Waals surface area contributed by atoms with Crippen LogP contribution in [0.15, 0.2) is 36.5 Å². The van der Waals surface area contributed by atoms with Gasteiger partial charge in [-0.1, -0.05) is 179 Å². The topological polar surface area (TPSA) is 117 Å². The molecule has 0 saturated carbocycles. The van der Waals surface area contributed by atoms with E-state index in [2.05, 4.69) is 50.3 Å². The van der Waals surface area contributed by atoms with Crippen LogP contribution in [0.2, 0.25) is 0 Å². The first-order valence-corrected chi connectivity index (χ1v) is 23.0. The lowest BCUT2D eigenvalue weighted by Gasteiger charge is -2.20. The molecule has 3 N–H and O–H groups in total. The average molecular weight is 756 g/mol. The van der Waals surface area contributed by atoms with Gasteiger partial charge in [0.2, 0.25) is 0 Å². The van der Waals surface area contributed by atoms with Crippen molar-refractivity contribution in [1.82, 2.24) is 0 Å². The fourth-order valence-corrected chi connectivity index (χ4v) is 6.72. The summed E-state index contributed by atoms with van der Waals surface area (Å²) in [5, 5.41) is 0. The number of unbranched alkanes of at least 4 members (excludes halogenated alkanes) is 22. The number of phosphoric ester groups is 1.